The Morgan fingerprint density at radius 3 is 2.67 bits per heavy atom. The predicted octanol–water partition coefficient (Wildman–Crippen LogP) is 1.000. The first-order chi connectivity index (χ1) is 4.43. The van der Waals surface area contributed by atoms with Gasteiger partial charge in [-0.2, -0.15) is 5.48 Å². The maximum atomic E-state index is 4.94. The molecule has 0 bridgehead atoms. The molecule has 0 amide bonds. The number of hydrogen-bond donors (Lipinski definition) is 1. The molecule has 0 saturated carbocycles. The summed E-state index contributed by atoms with van der Waals surface area (Å²) in [6.45, 7) is 0. The number of benzene rings is 1. The van der Waals surface area contributed by atoms with E-state index in [9.17, 15) is 0 Å². The van der Waals surface area contributed by atoms with Gasteiger partial charge in [-0.15, -0.1) is 0 Å². The fourth-order valence-electron chi connectivity index (χ4n) is 0.557. The Morgan fingerprint density at radius 2 is 2.11 bits per heavy atom. The van der Waals surface area contributed by atoms with Crippen LogP contribution in [0.4, 0.5) is 0 Å². The molecule has 0 aliphatic heterocycles. The molecular formula is C7H8NO. The molecule has 2 heteroatoms. The topological polar surface area (TPSA) is 21.3 Å². The fraction of sp³-hybridized carbons (Fsp3) is 0.143. The Kier molecular flexibility index (Phi) is 2.10. The van der Waals surface area contributed by atoms with Gasteiger partial charge in [0.15, 0.2) is 0 Å². The van der Waals surface area contributed by atoms with E-state index in [4.69, 9.17) is 4.84 Å². The fourth-order valence-corrected chi connectivity index (χ4v) is 0.557. The summed E-state index contributed by atoms with van der Waals surface area (Å²) in [4.78, 5) is 4.94. The lowest BCUT2D eigenvalue weighted by molar-refractivity contribution is 0.224. The molecule has 0 saturated heterocycles. The summed E-state index contributed by atoms with van der Waals surface area (Å²) in [6, 6.07) is 10.1. The van der Waals surface area contributed by atoms with Crippen molar-refractivity contribution in [3.63, 3.8) is 0 Å². The molecule has 0 heterocycles. The standard InChI is InChI=1S/C7H8NO/c1-8-9-7-5-3-2-4-6-7/h3-6,8H,1H3. The SMILES string of the molecule is CNOc1cc[c]cc1. The summed E-state index contributed by atoms with van der Waals surface area (Å²) < 4.78 is 0. The molecule has 0 aliphatic carbocycles. The second kappa shape index (κ2) is 3.10. The summed E-state index contributed by atoms with van der Waals surface area (Å²) >= 11 is 0. The van der Waals surface area contributed by atoms with E-state index in [1.165, 1.54) is 0 Å². The lowest BCUT2D eigenvalue weighted by Crippen LogP contribution is -2.10. The van der Waals surface area contributed by atoms with Gasteiger partial charge in [0.25, 0.3) is 0 Å². The molecule has 0 fully saturated rings. The van der Waals surface area contributed by atoms with E-state index in [1.54, 1.807) is 19.2 Å². The largest absolute Gasteiger partial charge is 0.409 e. The number of hydroxylamine groups is 1. The van der Waals surface area contributed by atoms with E-state index in [0.717, 1.165) is 5.75 Å². The molecule has 1 rings (SSSR count). The third-order valence-corrected chi connectivity index (χ3v) is 0.908. The summed E-state index contributed by atoms with van der Waals surface area (Å²) in [5.41, 5.74) is 2.57. The van der Waals surface area contributed by atoms with E-state index in [-0.39, 0.29) is 0 Å². The van der Waals surface area contributed by atoms with E-state index in [1.807, 2.05) is 12.1 Å². The van der Waals surface area contributed by atoms with E-state index in [0.29, 0.717) is 0 Å². The van der Waals surface area contributed by atoms with Crippen molar-refractivity contribution in [1.29, 1.82) is 0 Å². The molecule has 0 aromatic heterocycles. The Labute approximate surface area is 54.4 Å². The van der Waals surface area contributed by atoms with Crippen LogP contribution in [-0.2, 0) is 0 Å². The predicted molar refractivity (Wildman–Crippen MR) is 35.0 cm³/mol. The third kappa shape index (κ3) is 1.74. The van der Waals surface area contributed by atoms with Gasteiger partial charge in [-0.05, 0) is 18.2 Å². The van der Waals surface area contributed by atoms with Gasteiger partial charge < -0.3 is 4.84 Å². The molecule has 1 radical (unpaired) electrons. The first-order valence-electron chi connectivity index (χ1n) is 2.73. The van der Waals surface area contributed by atoms with Gasteiger partial charge in [-0.3, -0.25) is 0 Å². The van der Waals surface area contributed by atoms with Gasteiger partial charge in [0.1, 0.15) is 5.75 Å². The summed E-state index contributed by atoms with van der Waals surface area (Å²) in [6.07, 6.45) is 0. The van der Waals surface area contributed by atoms with Crippen LogP contribution >= 0.6 is 0 Å². The monoisotopic (exact) mass is 122 g/mol. The van der Waals surface area contributed by atoms with E-state index >= 15 is 0 Å². The lowest BCUT2D eigenvalue weighted by Gasteiger charge is -1.99. The average Bonchev–Trinajstić information content (AvgIpc) is 1.91. The van der Waals surface area contributed by atoms with E-state index < -0.39 is 0 Å². The second-order valence-corrected chi connectivity index (χ2v) is 1.54. The van der Waals surface area contributed by atoms with Crippen LogP contribution in [0.5, 0.6) is 5.75 Å². The normalized spacial score (nSPS) is 9.00. The summed E-state index contributed by atoms with van der Waals surface area (Å²) in [5.74, 6) is 0.802. The molecule has 2 nitrogen and oxygen atoms in total. The van der Waals surface area contributed by atoms with Crippen LogP contribution in [0.15, 0.2) is 24.3 Å². The van der Waals surface area contributed by atoms with Crippen LogP contribution in [0.1, 0.15) is 0 Å². The molecule has 9 heavy (non-hydrogen) atoms. The van der Waals surface area contributed by atoms with Crippen molar-refractivity contribution in [3.05, 3.63) is 30.3 Å². The van der Waals surface area contributed by atoms with Crippen molar-refractivity contribution >= 4 is 0 Å². The van der Waals surface area contributed by atoms with Crippen LogP contribution in [0.25, 0.3) is 0 Å². The third-order valence-electron chi connectivity index (χ3n) is 0.908. The lowest BCUT2D eigenvalue weighted by atomic mass is 10.3. The highest BCUT2D eigenvalue weighted by atomic mass is 16.6. The van der Waals surface area contributed by atoms with Gasteiger partial charge in [-0.1, -0.05) is 12.1 Å². The highest BCUT2D eigenvalue weighted by Gasteiger charge is 1.84. The Bertz CT molecular complexity index is 162. The number of nitrogens with one attached hydrogen (secondary N) is 1. The first kappa shape index (κ1) is 6.11. The minimum absolute atomic E-state index is 0.802. The van der Waals surface area contributed by atoms with Crippen LogP contribution in [-0.4, -0.2) is 7.05 Å². The second-order valence-electron chi connectivity index (χ2n) is 1.54. The molecular weight excluding hydrogens is 114 g/mol. The van der Waals surface area contributed by atoms with Gasteiger partial charge >= 0.3 is 0 Å². The minimum Gasteiger partial charge on any atom is -0.409 e. The molecule has 1 aromatic rings. The number of rotatable bonds is 2. The highest BCUT2D eigenvalue weighted by molar-refractivity contribution is 5.19. The van der Waals surface area contributed by atoms with Gasteiger partial charge in [0, 0.05) is 7.05 Å². The molecule has 47 valence electrons. The first-order valence-corrected chi connectivity index (χ1v) is 2.73. The van der Waals surface area contributed by atoms with Crippen LogP contribution in [0.3, 0.4) is 0 Å². The van der Waals surface area contributed by atoms with Crippen LogP contribution < -0.4 is 10.3 Å². The molecule has 1 N–H and O–H groups in total. The van der Waals surface area contributed by atoms with Crippen LogP contribution in [0, 0.1) is 6.07 Å². The van der Waals surface area contributed by atoms with Crippen LogP contribution in [0.2, 0.25) is 0 Å². The maximum absolute atomic E-state index is 4.94. The number of hydrogen-bond acceptors (Lipinski definition) is 2. The Morgan fingerprint density at radius 1 is 1.44 bits per heavy atom. The summed E-state index contributed by atoms with van der Waals surface area (Å²) in [7, 11) is 1.72. The zero-order valence-electron chi connectivity index (χ0n) is 5.22. The average molecular weight is 122 g/mol. The van der Waals surface area contributed by atoms with Crippen molar-refractivity contribution in [1.82, 2.24) is 5.48 Å². The van der Waals surface area contributed by atoms with Gasteiger partial charge in [0.05, 0.1) is 0 Å². The van der Waals surface area contributed by atoms with Crippen molar-refractivity contribution < 1.29 is 4.84 Å². The maximum Gasteiger partial charge on any atom is 0.147 e. The van der Waals surface area contributed by atoms with E-state index in [2.05, 4.69) is 11.5 Å². The van der Waals surface area contributed by atoms with Gasteiger partial charge in [0.2, 0.25) is 0 Å². The Balaban J connectivity index is 2.61. The molecule has 1 aromatic carbocycles. The highest BCUT2D eigenvalue weighted by Crippen LogP contribution is 2.04. The minimum atomic E-state index is 0.802. The van der Waals surface area contributed by atoms with Crippen molar-refractivity contribution in [2.45, 2.75) is 0 Å². The van der Waals surface area contributed by atoms with Crippen molar-refractivity contribution in [3.8, 4) is 5.75 Å². The van der Waals surface area contributed by atoms with Crippen molar-refractivity contribution in [2.24, 2.45) is 0 Å². The molecule has 0 atom stereocenters. The molecule has 0 unspecified atom stereocenters. The Hall–Kier alpha value is -1.02. The molecule has 0 aliphatic rings. The smallest absolute Gasteiger partial charge is 0.147 e. The quantitative estimate of drug-likeness (QED) is 0.591. The zero-order valence-corrected chi connectivity index (χ0v) is 5.22. The summed E-state index contributed by atoms with van der Waals surface area (Å²) in [5, 5.41) is 0. The molecule has 0 spiro atoms. The van der Waals surface area contributed by atoms with Gasteiger partial charge in [-0.25, -0.2) is 0 Å². The zero-order chi connectivity index (χ0) is 6.53. The van der Waals surface area contributed by atoms with Crippen molar-refractivity contribution in [2.75, 3.05) is 7.05 Å².